The van der Waals surface area contributed by atoms with Crippen LogP contribution in [-0.4, -0.2) is 24.9 Å². The van der Waals surface area contributed by atoms with Crippen LogP contribution in [0.4, 0.5) is 15.8 Å². The summed E-state index contributed by atoms with van der Waals surface area (Å²) in [6.07, 6.45) is 0. The largest absolute Gasteiger partial charge is 0.490 e. The van der Waals surface area contributed by atoms with E-state index in [0.29, 0.717) is 12.4 Å². The first-order valence-electron chi connectivity index (χ1n) is 6.77. The normalized spacial score (nSPS) is 10.2. The van der Waals surface area contributed by atoms with E-state index in [1.54, 1.807) is 0 Å². The van der Waals surface area contributed by atoms with Crippen molar-refractivity contribution in [1.82, 2.24) is 0 Å². The number of aliphatic hydroxyl groups is 1. The third-order valence-electron chi connectivity index (χ3n) is 2.75. The Morgan fingerprint density at radius 2 is 1.86 bits per heavy atom. The number of para-hydroxylation sites is 1. The summed E-state index contributed by atoms with van der Waals surface area (Å²) in [6, 6.07) is 12.1. The lowest BCUT2D eigenvalue weighted by molar-refractivity contribution is 0.194. The molecule has 0 aromatic heterocycles. The summed E-state index contributed by atoms with van der Waals surface area (Å²) in [5.41, 5.74) is 0.930. The molecule has 0 saturated heterocycles. The molecule has 21 heavy (non-hydrogen) atoms. The zero-order chi connectivity index (χ0) is 15.1. The summed E-state index contributed by atoms with van der Waals surface area (Å²) in [6.45, 7) is 2.18. The lowest BCUT2D eigenvalue weighted by atomic mass is 10.2. The number of rotatable bonds is 7. The van der Waals surface area contributed by atoms with Crippen molar-refractivity contribution in [3.05, 3.63) is 48.3 Å². The second-order valence-corrected chi connectivity index (χ2v) is 4.25. The first kappa shape index (κ1) is 15.1. The lowest BCUT2D eigenvalue weighted by Gasteiger charge is -2.17. The Hall–Kier alpha value is -2.27. The smallest absolute Gasteiger partial charge is 0.187 e. The fourth-order valence-corrected chi connectivity index (χ4v) is 1.88. The van der Waals surface area contributed by atoms with E-state index < -0.39 is 5.82 Å². The van der Waals surface area contributed by atoms with Crippen LogP contribution in [0.15, 0.2) is 42.5 Å². The molecule has 0 amide bonds. The molecule has 2 aromatic rings. The van der Waals surface area contributed by atoms with Crippen LogP contribution in [0.25, 0.3) is 0 Å². The molecule has 0 aliphatic rings. The van der Waals surface area contributed by atoms with E-state index >= 15 is 0 Å². The Bertz CT molecular complexity index is 575. The molecule has 0 radical (unpaired) electrons. The van der Waals surface area contributed by atoms with Gasteiger partial charge in [0.25, 0.3) is 0 Å². The van der Waals surface area contributed by atoms with Crippen LogP contribution in [0.2, 0.25) is 0 Å². The third-order valence-corrected chi connectivity index (χ3v) is 2.75. The summed E-state index contributed by atoms with van der Waals surface area (Å²) in [7, 11) is 0. The average Bonchev–Trinajstić information content (AvgIpc) is 2.51. The van der Waals surface area contributed by atoms with Crippen molar-refractivity contribution in [3.8, 4) is 11.5 Å². The van der Waals surface area contributed by atoms with Gasteiger partial charge < -0.3 is 19.9 Å². The van der Waals surface area contributed by atoms with Gasteiger partial charge >= 0.3 is 0 Å². The molecule has 2 aromatic carbocycles. The number of anilines is 2. The van der Waals surface area contributed by atoms with Gasteiger partial charge in [-0.15, -0.1) is 0 Å². The highest BCUT2D eigenvalue weighted by atomic mass is 19.1. The van der Waals surface area contributed by atoms with Gasteiger partial charge in [0.15, 0.2) is 17.3 Å². The van der Waals surface area contributed by atoms with Gasteiger partial charge in [-0.3, -0.25) is 0 Å². The van der Waals surface area contributed by atoms with Crippen LogP contribution < -0.4 is 14.8 Å². The van der Waals surface area contributed by atoms with Gasteiger partial charge in [0.1, 0.15) is 12.3 Å². The van der Waals surface area contributed by atoms with Gasteiger partial charge in [0.05, 0.1) is 13.2 Å². The van der Waals surface area contributed by atoms with Crippen LogP contribution in [0.1, 0.15) is 6.92 Å². The molecule has 2 N–H and O–H groups in total. The molecule has 4 nitrogen and oxygen atoms in total. The molecule has 112 valence electrons. The maximum Gasteiger partial charge on any atom is 0.187 e. The molecule has 0 fully saturated rings. The lowest BCUT2D eigenvalue weighted by Crippen LogP contribution is -2.07. The highest BCUT2D eigenvalue weighted by Crippen LogP contribution is 2.39. The Kier molecular flexibility index (Phi) is 5.40. The number of halogens is 1. The number of benzene rings is 2. The summed E-state index contributed by atoms with van der Waals surface area (Å²) in [4.78, 5) is 0. The minimum Gasteiger partial charge on any atom is -0.490 e. The fraction of sp³-hybridized carbons (Fsp3) is 0.250. The minimum absolute atomic E-state index is 0.0625. The molecule has 0 spiro atoms. The molecule has 2 rings (SSSR count). The second-order valence-electron chi connectivity index (χ2n) is 4.25. The summed E-state index contributed by atoms with van der Waals surface area (Å²) >= 11 is 0. The predicted molar refractivity (Wildman–Crippen MR) is 79.9 cm³/mol. The third kappa shape index (κ3) is 3.86. The highest BCUT2D eigenvalue weighted by molar-refractivity contribution is 5.70. The second kappa shape index (κ2) is 7.50. The Morgan fingerprint density at radius 3 is 2.52 bits per heavy atom. The maximum atomic E-state index is 14.1. The van der Waals surface area contributed by atoms with Crippen molar-refractivity contribution < 1.29 is 19.0 Å². The fourth-order valence-electron chi connectivity index (χ4n) is 1.88. The monoisotopic (exact) mass is 291 g/mol. The number of aliphatic hydroxyl groups excluding tert-OH is 1. The summed E-state index contributed by atoms with van der Waals surface area (Å²) in [5.74, 6) is 0.246. The number of nitrogens with one attached hydrogen (secondary N) is 1. The van der Waals surface area contributed by atoms with Crippen molar-refractivity contribution in [2.45, 2.75) is 6.92 Å². The molecule has 0 aliphatic carbocycles. The zero-order valence-electron chi connectivity index (χ0n) is 11.8. The van der Waals surface area contributed by atoms with Crippen molar-refractivity contribution in [1.29, 1.82) is 0 Å². The van der Waals surface area contributed by atoms with E-state index in [9.17, 15) is 4.39 Å². The zero-order valence-corrected chi connectivity index (χ0v) is 11.8. The van der Waals surface area contributed by atoms with Gasteiger partial charge in [0.2, 0.25) is 0 Å². The van der Waals surface area contributed by atoms with Gasteiger partial charge in [-0.1, -0.05) is 18.2 Å². The van der Waals surface area contributed by atoms with Crippen LogP contribution >= 0.6 is 0 Å². The molecule has 0 aliphatic heterocycles. The Balaban J connectivity index is 2.38. The van der Waals surface area contributed by atoms with E-state index in [2.05, 4.69) is 5.32 Å². The van der Waals surface area contributed by atoms with Crippen molar-refractivity contribution >= 4 is 11.4 Å². The van der Waals surface area contributed by atoms with Crippen LogP contribution in [-0.2, 0) is 0 Å². The maximum absolute atomic E-state index is 14.1. The van der Waals surface area contributed by atoms with Gasteiger partial charge in [-0.05, 0) is 31.2 Å². The Labute approximate surface area is 123 Å². The number of hydrogen-bond donors (Lipinski definition) is 2. The van der Waals surface area contributed by atoms with E-state index in [-0.39, 0.29) is 24.7 Å². The molecule has 0 unspecified atom stereocenters. The molecular weight excluding hydrogens is 273 g/mol. The average molecular weight is 291 g/mol. The van der Waals surface area contributed by atoms with Gasteiger partial charge in [-0.2, -0.15) is 0 Å². The van der Waals surface area contributed by atoms with E-state index in [1.165, 1.54) is 12.1 Å². The molecule has 0 saturated carbocycles. The summed E-state index contributed by atoms with van der Waals surface area (Å²) < 4.78 is 25.0. The predicted octanol–water partition coefficient (Wildman–Crippen LogP) is 3.34. The van der Waals surface area contributed by atoms with E-state index in [1.807, 2.05) is 37.3 Å². The van der Waals surface area contributed by atoms with Crippen molar-refractivity contribution in [2.24, 2.45) is 0 Å². The molecule has 0 bridgehead atoms. The Morgan fingerprint density at radius 1 is 1.10 bits per heavy atom. The van der Waals surface area contributed by atoms with Gasteiger partial charge in [0, 0.05) is 5.69 Å². The molecular formula is C16H18FNO3. The van der Waals surface area contributed by atoms with E-state index in [0.717, 1.165) is 5.69 Å². The highest BCUT2D eigenvalue weighted by Gasteiger charge is 2.16. The number of ether oxygens (including phenoxy) is 2. The molecule has 0 heterocycles. The van der Waals surface area contributed by atoms with Crippen LogP contribution in [0.5, 0.6) is 11.5 Å². The SMILES string of the molecule is CCOc1ccc(F)c(Nc2ccccc2)c1OCCO. The first-order valence-corrected chi connectivity index (χ1v) is 6.77. The van der Waals surface area contributed by atoms with Gasteiger partial charge in [-0.25, -0.2) is 4.39 Å². The van der Waals surface area contributed by atoms with E-state index in [4.69, 9.17) is 14.6 Å². The molecule has 5 heteroatoms. The first-order chi connectivity index (χ1) is 10.3. The minimum atomic E-state index is -0.449. The van der Waals surface area contributed by atoms with Crippen LogP contribution in [0, 0.1) is 5.82 Å². The van der Waals surface area contributed by atoms with Crippen molar-refractivity contribution in [2.75, 3.05) is 25.1 Å². The number of hydrogen-bond acceptors (Lipinski definition) is 4. The van der Waals surface area contributed by atoms with Crippen molar-refractivity contribution in [3.63, 3.8) is 0 Å². The molecule has 0 atom stereocenters. The topological polar surface area (TPSA) is 50.7 Å². The summed E-state index contributed by atoms with van der Waals surface area (Å²) in [5, 5.41) is 11.9. The van der Waals surface area contributed by atoms with Crippen LogP contribution in [0.3, 0.4) is 0 Å². The standard InChI is InChI=1S/C16H18FNO3/c1-2-20-14-9-8-13(17)15(16(14)21-11-10-19)18-12-6-4-3-5-7-12/h3-9,18-19H,2,10-11H2,1H3. The quantitative estimate of drug-likeness (QED) is 0.821.